The molecule has 2 aromatic carbocycles. The smallest absolute Gasteiger partial charge is 0.336 e. The van der Waals surface area contributed by atoms with Crippen LogP contribution in [0.15, 0.2) is 45.6 Å². The van der Waals surface area contributed by atoms with Crippen molar-refractivity contribution in [1.29, 1.82) is 0 Å². The molecule has 0 fully saturated rings. The Morgan fingerprint density at radius 3 is 2.62 bits per heavy atom. The van der Waals surface area contributed by atoms with Crippen LogP contribution in [0.25, 0.3) is 11.0 Å². The van der Waals surface area contributed by atoms with Crippen LogP contribution < -0.4 is 15.1 Å². The molecular weight excluding hydrogens is 434 g/mol. The van der Waals surface area contributed by atoms with Crippen LogP contribution in [0.2, 0.25) is 0 Å². The topological polar surface area (TPSA) is 78.2 Å². The van der Waals surface area contributed by atoms with Crippen molar-refractivity contribution in [2.24, 2.45) is 0 Å². The highest BCUT2D eigenvalue weighted by atomic mass is 16.5. The predicted molar refractivity (Wildman–Crippen MR) is 129 cm³/mol. The lowest BCUT2D eigenvalue weighted by molar-refractivity contribution is -0.147. The van der Waals surface area contributed by atoms with Crippen molar-refractivity contribution >= 4 is 16.9 Å². The average Bonchev–Trinajstić information content (AvgIpc) is 2.81. The van der Waals surface area contributed by atoms with Crippen molar-refractivity contribution in [2.45, 2.75) is 52.7 Å². The normalized spacial score (nSPS) is 13.6. The van der Waals surface area contributed by atoms with Crippen molar-refractivity contribution in [1.82, 2.24) is 4.90 Å². The summed E-state index contributed by atoms with van der Waals surface area (Å²) in [6, 6.07) is 11.5. The highest BCUT2D eigenvalue weighted by Crippen LogP contribution is 2.37. The molecule has 1 aromatic heterocycles. The van der Waals surface area contributed by atoms with Crippen LogP contribution >= 0.6 is 0 Å². The molecule has 1 aliphatic rings. The van der Waals surface area contributed by atoms with Gasteiger partial charge in [0, 0.05) is 31.0 Å². The van der Waals surface area contributed by atoms with E-state index in [2.05, 4.69) is 17.0 Å². The summed E-state index contributed by atoms with van der Waals surface area (Å²) in [5, 5.41) is 0.867. The van der Waals surface area contributed by atoms with Crippen molar-refractivity contribution in [3.05, 3.63) is 69.1 Å². The second kappa shape index (κ2) is 10.3. The second-order valence-electron chi connectivity index (χ2n) is 8.93. The van der Waals surface area contributed by atoms with E-state index in [-0.39, 0.29) is 24.1 Å². The fourth-order valence-electron chi connectivity index (χ4n) is 4.27. The van der Waals surface area contributed by atoms with Gasteiger partial charge in [0.25, 0.3) is 0 Å². The molecule has 0 amide bonds. The van der Waals surface area contributed by atoms with Gasteiger partial charge in [-0.1, -0.05) is 12.1 Å². The molecule has 7 nitrogen and oxygen atoms in total. The summed E-state index contributed by atoms with van der Waals surface area (Å²) in [7, 11) is 1.66. The molecule has 1 aliphatic heterocycles. The molecule has 180 valence electrons. The second-order valence-corrected chi connectivity index (χ2v) is 8.93. The zero-order valence-electron chi connectivity index (χ0n) is 20.2. The van der Waals surface area contributed by atoms with E-state index in [9.17, 15) is 9.59 Å². The van der Waals surface area contributed by atoms with Gasteiger partial charge in [0.2, 0.25) is 0 Å². The fraction of sp³-hybridized carbons (Fsp3) is 0.407. The minimum Gasteiger partial charge on any atom is -0.497 e. The average molecular weight is 466 g/mol. The van der Waals surface area contributed by atoms with Crippen LogP contribution in [0.4, 0.5) is 0 Å². The Balaban J connectivity index is 1.59. The Morgan fingerprint density at radius 1 is 1.15 bits per heavy atom. The number of ether oxygens (including phenoxy) is 3. The number of fused-ring (bicyclic) bond motifs is 3. The number of carbonyl (C=O) groups is 1. The Morgan fingerprint density at radius 2 is 1.91 bits per heavy atom. The molecule has 0 N–H and O–H groups in total. The first-order valence-corrected chi connectivity index (χ1v) is 11.6. The lowest BCUT2D eigenvalue weighted by Crippen LogP contribution is -2.34. The number of carbonyl (C=O) groups excluding carboxylic acids is 1. The van der Waals surface area contributed by atoms with Gasteiger partial charge >= 0.3 is 11.6 Å². The molecule has 0 saturated carbocycles. The maximum absolute atomic E-state index is 12.1. The van der Waals surface area contributed by atoms with Crippen LogP contribution in [0, 0.1) is 6.92 Å². The number of aryl methyl sites for hydroxylation is 2. The van der Waals surface area contributed by atoms with Gasteiger partial charge in [-0.3, -0.25) is 9.69 Å². The molecule has 0 bridgehead atoms. The Bertz CT molecular complexity index is 1230. The summed E-state index contributed by atoms with van der Waals surface area (Å²) in [6.45, 7) is 7.38. The van der Waals surface area contributed by atoms with Gasteiger partial charge in [0.05, 0.1) is 18.8 Å². The third kappa shape index (κ3) is 5.42. The molecule has 3 aromatic rings. The molecule has 0 radical (unpaired) electrons. The van der Waals surface area contributed by atoms with E-state index in [0.29, 0.717) is 31.0 Å². The molecule has 7 heteroatoms. The Kier molecular flexibility index (Phi) is 7.22. The first-order valence-electron chi connectivity index (χ1n) is 11.6. The standard InChI is InChI=1S/C27H31NO6/c1-17(2)33-24(29)10-7-20-14-22-18(3)13-25(30)34-27(22)23-15-28(16-32-26(20)23)12-11-19-5-8-21(31-4)9-6-19/h5-6,8-9,13-14,17H,7,10-12,15-16H2,1-4H3. The molecule has 0 atom stereocenters. The van der Waals surface area contributed by atoms with Crippen molar-refractivity contribution in [3.63, 3.8) is 0 Å². The zero-order valence-corrected chi connectivity index (χ0v) is 20.2. The summed E-state index contributed by atoms with van der Waals surface area (Å²) in [6.07, 6.45) is 1.46. The summed E-state index contributed by atoms with van der Waals surface area (Å²) in [5.41, 5.74) is 4.01. The number of hydrogen-bond donors (Lipinski definition) is 0. The van der Waals surface area contributed by atoms with E-state index in [1.807, 2.05) is 39.0 Å². The molecule has 2 heterocycles. The molecule has 0 spiro atoms. The van der Waals surface area contributed by atoms with E-state index >= 15 is 0 Å². The van der Waals surface area contributed by atoms with Crippen LogP contribution in [0.1, 0.15) is 42.5 Å². The number of methoxy groups -OCH3 is 1. The van der Waals surface area contributed by atoms with Crippen molar-refractivity contribution in [3.8, 4) is 11.5 Å². The van der Waals surface area contributed by atoms with E-state index < -0.39 is 0 Å². The van der Waals surface area contributed by atoms with Crippen LogP contribution in [-0.2, 0) is 28.9 Å². The Labute approximate surface area is 199 Å². The van der Waals surface area contributed by atoms with Crippen LogP contribution in [-0.4, -0.2) is 37.4 Å². The maximum Gasteiger partial charge on any atom is 0.336 e. The third-order valence-corrected chi connectivity index (χ3v) is 5.98. The van der Waals surface area contributed by atoms with Gasteiger partial charge in [-0.25, -0.2) is 4.79 Å². The lowest BCUT2D eigenvalue weighted by atomic mass is 9.97. The van der Waals surface area contributed by atoms with Gasteiger partial charge in [-0.15, -0.1) is 0 Å². The number of esters is 1. The van der Waals surface area contributed by atoms with E-state index in [4.69, 9.17) is 18.6 Å². The molecule has 0 unspecified atom stereocenters. The van der Waals surface area contributed by atoms with E-state index in [1.165, 1.54) is 11.6 Å². The highest BCUT2D eigenvalue weighted by Gasteiger charge is 2.25. The van der Waals surface area contributed by atoms with Crippen LogP contribution in [0.5, 0.6) is 11.5 Å². The van der Waals surface area contributed by atoms with Crippen molar-refractivity contribution < 1.29 is 23.4 Å². The first kappa shape index (κ1) is 23.8. The number of benzene rings is 2. The van der Waals surface area contributed by atoms with Gasteiger partial charge in [0.15, 0.2) is 0 Å². The van der Waals surface area contributed by atoms with E-state index in [0.717, 1.165) is 40.8 Å². The number of hydrogen-bond acceptors (Lipinski definition) is 7. The number of nitrogens with zero attached hydrogens (tertiary/aromatic N) is 1. The van der Waals surface area contributed by atoms with E-state index in [1.54, 1.807) is 7.11 Å². The van der Waals surface area contributed by atoms with Crippen molar-refractivity contribution in [2.75, 3.05) is 20.4 Å². The largest absolute Gasteiger partial charge is 0.497 e. The SMILES string of the molecule is COc1ccc(CCN2COc3c(CCC(=O)OC(C)C)cc4c(C)cc(=O)oc4c3C2)cc1. The van der Waals surface area contributed by atoms with Gasteiger partial charge in [-0.05, 0) is 68.5 Å². The molecule has 0 saturated heterocycles. The van der Waals surface area contributed by atoms with Gasteiger partial charge in [0.1, 0.15) is 23.8 Å². The van der Waals surface area contributed by atoms with Gasteiger partial charge in [-0.2, -0.15) is 0 Å². The van der Waals surface area contributed by atoms with Crippen LogP contribution in [0.3, 0.4) is 0 Å². The predicted octanol–water partition coefficient (Wildman–Crippen LogP) is 4.39. The van der Waals surface area contributed by atoms with Gasteiger partial charge < -0.3 is 18.6 Å². The third-order valence-electron chi connectivity index (χ3n) is 5.98. The lowest BCUT2D eigenvalue weighted by Gasteiger charge is -2.31. The summed E-state index contributed by atoms with van der Waals surface area (Å²) >= 11 is 0. The summed E-state index contributed by atoms with van der Waals surface area (Å²) in [5.74, 6) is 1.30. The zero-order chi connectivity index (χ0) is 24.2. The summed E-state index contributed by atoms with van der Waals surface area (Å²) < 4.78 is 22.4. The fourth-order valence-corrected chi connectivity index (χ4v) is 4.27. The number of rotatable bonds is 8. The Hall–Kier alpha value is -3.32. The molecular formula is C27H31NO6. The maximum atomic E-state index is 12.1. The molecule has 4 rings (SSSR count). The molecule has 34 heavy (non-hydrogen) atoms. The quantitative estimate of drug-likeness (QED) is 0.361. The summed E-state index contributed by atoms with van der Waals surface area (Å²) in [4.78, 5) is 26.5. The first-order chi connectivity index (χ1) is 16.3. The monoisotopic (exact) mass is 465 g/mol. The minimum absolute atomic E-state index is 0.148. The highest BCUT2D eigenvalue weighted by molar-refractivity contribution is 5.86. The molecule has 0 aliphatic carbocycles. The minimum atomic E-state index is -0.379.